The first kappa shape index (κ1) is 22.5. The first-order chi connectivity index (χ1) is 16.4. The molecule has 0 radical (unpaired) electrons. The molecule has 1 aliphatic rings. The largest absolute Gasteiger partial charge is 0.357 e. The Bertz CT molecular complexity index is 1330. The number of thiophene rings is 1. The molecule has 0 unspecified atom stereocenters. The van der Waals surface area contributed by atoms with Gasteiger partial charge in [-0.25, -0.2) is 14.6 Å². The summed E-state index contributed by atoms with van der Waals surface area (Å²) in [6.45, 7) is 10.9. The molecule has 1 amide bonds. The van der Waals surface area contributed by atoms with Gasteiger partial charge in [0.05, 0.1) is 22.8 Å². The molecule has 0 spiro atoms. The van der Waals surface area contributed by atoms with Gasteiger partial charge in [0, 0.05) is 47.2 Å². The minimum Gasteiger partial charge on any atom is -0.357 e. The van der Waals surface area contributed by atoms with Crippen molar-refractivity contribution >= 4 is 34.1 Å². The van der Waals surface area contributed by atoms with Crippen molar-refractivity contribution in [2.45, 2.75) is 53.1 Å². The van der Waals surface area contributed by atoms with Crippen LogP contribution in [-0.2, 0) is 6.54 Å². The van der Waals surface area contributed by atoms with Crippen molar-refractivity contribution in [2.24, 2.45) is 0 Å². The fraction of sp³-hybridized carbons (Fsp3) is 0.385. The van der Waals surface area contributed by atoms with Crippen LogP contribution >= 0.6 is 11.3 Å². The number of fused-ring (bicyclic) bond motifs is 1. The third-order valence-corrected chi connectivity index (χ3v) is 7.28. The number of aryl methyl sites for hydroxylation is 2. The summed E-state index contributed by atoms with van der Waals surface area (Å²) in [7, 11) is 0. The molecule has 1 saturated heterocycles. The van der Waals surface area contributed by atoms with Crippen LogP contribution in [0.3, 0.4) is 0 Å². The summed E-state index contributed by atoms with van der Waals surface area (Å²) in [5, 5.41) is 8.37. The van der Waals surface area contributed by atoms with Crippen LogP contribution in [0.2, 0.25) is 0 Å². The van der Waals surface area contributed by atoms with E-state index in [1.807, 2.05) is 29.1 Å². The van der Waals surface area contributed by atoms with Gasteiger partial charge in [-0.2, -0.15) is 5.10 Å². The summed E-state index contributed by atoms with van der Waals surface area (Å²) in [5.74, 6) is 0.876. The molecule has 4 aromatic heterocycles. The molecule has 8 heteroatoms. The number of nitrogens with zero attached hydrogens (tertiary/aromatic N) is 5. The minimum absolute atomic E-state index is 0.134. The molecule has 5 rings (SSSR count). The van der Waals surface area contributed by atoms with Gasteiger partial charge >= 0.3 is 0 Å². The first-order valence-electron chi connectivity index (χ1n) is 11.8. The Morgan fingerprint density at radius 3 is 2.59 bits per heavy atom. The lowest BCUT2D eigenvalue weighted by atomic mass is 10.1. The first-order valence-corrected chi connectivity index (χ1v) is 12.7. The average Bonchev–Trinajstić information content (AvgIpc) is 3.57. The number of amides is 1. The van der Waals surface area contributed by atoms with Gasteiger partial charge in [0.25, 0.3) is 5.91 Å². The molecule has 7 nitrogen and oxygen atoms in total. The van der Waals surface area contributed by atoms with E-state index in [2.05, 4.69) is 54.1 Å². The molecule has 0 saturated carbocycles. The summed E-state index contributed by atoms with van der Waals surface area (Å²) >= 11 is 1.74. The van der Waals surface area contributed by atoms with Crippen molar-refractivity contribution < 1.29 is 4.79 Å². The topological polar surface area (TPSA) is 75.9 Å². The van der Waals surface area contributed by atoms with E-state index in [0.717, 1.165) is 46.8 Å². The van der Waals surface area contributed by atoms with Gasteiger partial charge in [-0.05, 0) is 64.3 Å². The summed E-state index contributed by atoms with van der Waals surface area (Å²) in [6, 6.07) is 8.26. The fourth-order valence-electron chi connectivity index (χ4n) is 4.54. The van der Waals surface area contributed by atoms with Crippen LogP contribution in [0.5, 0.6) is 0 Å². The highest BCUT2D eigenvalue weighted by atomic mass is 32.1. The number of hydrogen-bond donors (Lipinski definition) is 1. The summed E-state index contributed by atoms with van der Waals surface area (Å²) in [6.07, 6.45) is 6.05. The maximum atomic E-state index is 13.4. The maximum absolute atomic E-state index is 13.4. The highest BCUT2D eigenvalue weighted by Gasteiger charge is 2.20. The SMILES string of the molecule is Cc1cc(-c2cc(C(=O)NCc3ccc(N4CCCC4)nc3)c3cnn(C(C)C)c3n2)c(C)s1. The number of nitrogens with one attached hydrogen (secondary N) is 1. The molecule has 1 N–H and O–H groups in total. The Labute approximate surface area is 203 Å². The van der Waals surface area contributed by atoms with E-state index in [-0.39, 0.29) is 11.9 Å². The van der Waals surface area contributed by atoms with Crippen molar-refractivity contribution in [3.63, 3.8) is 0 Å². The number of carbonyl (C=O) groups excluding carboxylic acids is 1. The van der Waals surface area contributed by atoms with Crippen LogP contribution in [0.15, 0.2) is 36.7 Å². The molecule has 5 heterocycles. The van der Waals surface area contributed by atoms with Crippen LogP contribution in [-0.4, -0.2) is 38.7 Å². The number of anilines is 1. The van der Waals surface area contributed by atoms with E-state index in [1.165, 1.54) is 22.6 Å². The minimum atomic E-state index is -0.134. The lowest BCUT2D eigenvalue weighted by Gasteiger charge is -2.16. The molecule has 0 bridgehead atoms. The molecule has 0 atom stereocenters. The predicted octanol–water partition coefficient (Wildman–Crippen LogP) is 5.28. The molecule has 0 aliphatic carbocycles. The third-order valence-electron chi connectivity index (χ3n) is 6.31. The highest BCUT2D eigenvalue weighted by Crippen LogP contribution is 2.32. The van der Waals surface area contributed by atoms with E-state index in [9.17, 15) is 4.79 Å². The Kier molecular flexibility index (Phi) is 6.08. The van der Waals surface area contributed by atoms with Crippen LogP contribution in [0, 0.1) is 13.8 Å². The van der Waals surface area contributed by atoms with Crippen molar-refractivity contribution in [2.75, 3.05) is 18.0 Å². The highest BCUT2D eigenvalue weighted by molar-refractivity contribution is 7.12. The van der Waals surface area contributed by atoms with E-state index < -0.39 is 0 Å². The van der Waals surface area contributed by atoms with Crippen LogP contribution in [0.4, 0.5) is 5.82 Å². The summed E-state index contributed by atoms with van der Waals surface area (Å²) in [5.41, 5.74) is 4.17. The quantitative estimate of drug-likeness (QED) is 0.411. The molecular formula is C26H30N6OS. The van der Waals surface area contributed by atoms with Crippen LogP contribution in [0.25, 0.3) is 22.3 Å². The van der Waals surface area contributed by atoms with Crippen LogP contribution < -0.4 is 10.2 Å². The molecule has 34 heavy (non-hydrogen) atoms. The predicted molar refractivity (Wildman–Crippen MR) is 138 cm³/mol. The van der Waals surface area contributed by atoms with Gasteiger partial charge < -0.3 is 10.2 Å². The number of carbonyl (C=O) groups is 1. The fourth-order valence-corrected chi connectivity index (χ4v) is 5.47. The standard InChI is InChI=1S/C26H30N6OS/c1-16(2)32-25-22(15-29-32)21(12-23(30-25)20-11-17(3)34-18(20)4)26(33)28-14-19-7-8-24(27-13-19)31-9-5-6-10-31/h7-8,11-13,15-16H,5-6,9-10,14H2,1-4H3,(H,28,33). The second kappa shape index (κ2) is 9.18. The van der Waals surface area contributed by atoms with Crippen molar-refractivity contribution in [3.05, 3.63) is 57.5 Å². The van der Waals surface area contributed by atoms with E-state index in [1.54, 1.807) is 17.5 Å². The normalized spacial score (nSPS) is 13.9. The Morgan fingerprint density at radius 2 is 1.94 bits per heavy atom. The molecule has 1 fully saturated rings. The van der Waals surface area contributed by atoms with Crippen LogP contribution in [0.1, 0.15) is 58.4 Å². The molecular weight excluding hydrogens is 444 g/mol. The second-order valence-electron chi connectivity index (χ2n) is 9.20. The zero-order valence-electron chi connectivity index (χ0n) is 20.1. The van der Waals surface area contributed by atoms with Gasteiger partial charge in [-0.3, -0.25) is 4.79 Å². The van der Waals surface area contributed by atoms with Crippen molar-refractivity contribution in [3.8, 4) is 11.3 Å². The van der Waals surface area contributed by atoms with E-state index in [4.69, 9.17) is 4.98 Å². The average molecular weight is 475 g/mol. The third kappa shape index (κ3) is 4.30. The zero-order valence-corrected chi connectivity index (χ0v) is 20.9. The molecule has 1 aliphatic heterocycles. The van der Waals surface area contributed by atoms with Crippen molar-refractivity contribution in [1.29, 1.82) is 0 Å². The lowest BCUT2D eigenvalue weighted by Crippen LogP contribution is -2.24. The molecule has 4 aromatic rings. The van der Waals surface area contributed by atoms with Gasteiger partial charge in [-0.1, -0.05) is 6.07 Å². The smallest absolute Gasteiger partial charge is 0.252 e. The number of pyridine rings is 2. The summed E-state index contributed by atoms with van der Waals surface area (Å²) in [4.78, 5) is 27.6. The Balaban J connectivity index is 1.43. The van der Waals surface area contributed by atoms with Gasteiger partial charge in [0.2, 0.25) is 0 Å². The molecule has 0 aromatic carbocycles. The zero-order chi connectivity index (χ0) is 23.8. The number of aromatic nitrogens is 4. The van der Waals surface area contributed by atoms with Gasteiger partial charge in [0.15, 0.2) is 5.65 Å². The Morgan fingerprint density at radius 1 is 1.15 bits per heavy atom. The lowest BCUT2D eigenvalue weighted by molar-refractivity contribution is 0.0952. The number of hydrogen-bond acceptors (Lipinski definition) is 6. The van der Waals surface area contributed by atoms with Crippen molar-refractivity contribution in [1.82, 2.24) is 25.1 Å². The van der Waals surface area contributed by atoms with E-state index >= 15 is 0 Å². The van der Waals surface area contributed by atoms with Gasteiger partial charge in [0.1, 0.15) is 5.82 Å². The molecule has 176 valence electrons. The van der Waals surface area contributed by atoms with E-state index in [0.29, 0.717) is 12.1 Å². The maximum Gasteiger partial charge on any atom is 0.252 e. The Hall–Kier alpha value is -3.26. The number of rotatable bonds is 6. The summed E-state index contributed by atoms with van der Waals surface area (Å²) < 4.78 is 1.88. The van der Waals surface area contributed by atoms with Gasteiger partial charge in [-0.15, -0.1) is 11.3 Å². The monoisotopic (exact) mass is 474 g/mol. The second-order valence-corrected chi connectivity index (χ2v) is 10.7.